The molecule has 0 aliphatic carbocycles. The molecule has 0 saturated carbocycles. The standard InChI is InChI=1S/C67H127NO5/c1-3-5-7-9-11-13-15-17-19-20-28-32-35-39-43-47-51-55-59-65(70)64(63-69)68-66(71)60-56-52-48-44-40-36-33-29-26-24-22-21-23-25-27-30-34-38-42-46-50-54-58-62-73-67(72)61-57-53-49-45-41-37-31-18-16-14-12-10-8-6-4-2/h12,14,18,31,55,59,64-65,69-70H,3-11,13,15-17,19-30,32-54,56-58,60-63H2,1-2H3,(H,68,71)/b14-12-,31-18-,59-55+. The first-order valence-corrected chi connectivity index (χ1v) is 32.8. The van der Waals surface area contributed by atoms with Gasteiger partial charge in [-0.2, -0.15) is 0 Å². The van der Waals surface area contributed by atoms with Crippen LogP contribution in [-0.2, 0) is 14.3 Å². The lowest BCUT2D eigenvalue weighted by molar-refractivity contribution is -0.143. The second-order valence-electron chi connectivity index (χ2n) is 22.5. The topological polar surface area (TPSA) is 95.9 Å². The molecule has 0 aliphatic heterocycles. The number of unbranched alkanes of at least 4 members (excludes halogenated alkanes) is 46. The zero-order valence-corrected chi connectivity index (χ0v) is 49.1. The van der Waals surface area contributed by atoms with E-state index in [4.69, 9.17) is 4.74 Å². The highest BCUT2D eigenvalue weighted by atomic mass is 16.5. The molecule has 73 heavy (non-hydrogen) atoms. The first-order chi connectivity index (χ1) is 36.0. The van der Waals surface area contributed by atoms with Crippen molar-refractivity contribution in [3.8, 4) is 0 Å². The van der Waals surface area contributed by atoms with Gasteiger partial charge in [-0.25, -0.2) is 0 Å². The fraction of sp³-hybridized carbons (Fsp3) is 0.881. The Morgan fingerprint density at radius 3 is 1.07 bits per heavy atom. The van der Waals surface area contributed by atoms with Gasteiger partial charge in [-0.1, -0.05) is 314 Å². The second-order valence-corrected chi connectivity index (χ2v) is 22.5. The van der Waals surface area contributed by atoms with E-state index in [1.165, 1.54) is 276 Å². The second kappa shape index (κ2) is 62.6. The fourth-order valence-corrected chi connectivity index (χ4v) is 10.1. The molecule has 0 aromatic heterocycles. The number of aliphatic hydroxyl groups excluding tert-OH is 2. The molecular formula is C67H127NO5. The Morgan fingerprint density at radius 1 is 0.384 bits per heavy atom. The van der Waals surface area contributed by atoms with Crippen LogP contribution >= 0.6 is 0 Å². The number of esters is 1. The van der Waals surface area contributed by atoms with Crippen molar-refractivity contribution in [2.24, 2.45) is 0 Å². The van der Waals surface area contributed by atoms with Gasteiger partial charge >= 0.3 is 5.97 Å². The molecule has 0 aliphatic rings. The van der Waals surface area contributed by atoms with E-state index < -0.39 is 12.1 Å². The van der Waals surface area contributed by atoms with Crippen molar-refractivity contribution < 1.29 is 24.5 Å². The average molecular weight is 1030 g/mol. The van der Waals surface area contributed by atoms with Crippen molar-refractivity contribution in [2.75, 3.05) is 13.2 Å². The van der Waals surface area contributed by atoms with Crippen molar-refractivity contribution >= 4 is 11.9 Å². The lowest BCUT2D eigenvalue weighted by atomic mass is 10.0. The molecule has 0 bridgehead atoms. The minimum Gasteiger partial charge on any atom is -0.466 e. The number of hydrogen-bond acceptors (Lipinski definition) is 5. The van der Waals surface area contributed by atoms with E-state index in [0.717, 1.165) is 51.4 Å². The van der Waals surface area contributed by atoms with Crippen LogP contribution < -0.4 is 5.32 Å². The summed E-state index contributed by atoms with van der Waals surface area (Å²) in [6, 6.07) is -0.628. The van der Waals surface area contributed by atoms with Gasteiger partial charge in [0.1, 0.15) is 0 Å². The minimum atomic E-state index is -0.845. The molecule has 0 radical (unpaired) electrons. The summed E-state index contributed by atoms with van der Waals surface area (Å²) in [5.41, 5.74) is 0. The number of rotatable bonds is 61. The molecule has 0 fully saturated rings. The van der Waals surface area contributed by atoms with Crippen molar-refractivity contribution in [1.29, 1.82) is 0 Å². The Balaban J connectivity index is 3.40. The Morgan fingerprint density at radius 2 is 0.685 bits per heavy atom. The van der Waals surface area contributed by atoms with E-state index in [1.807, 2.05) is 6.08 Å². The summed E-state index contributed by atoms with van der Waals surface area (Å²) in [5, 5.41) is 23.2. The summed E-state index contributed by atoms with van der Waals surface area (Å²) in [7, 11) is 0. The molecule has 430 valence electrons. The van der Waals surface area contributed by atoms with Gasteiger partial charge in [-0.05, 0) is 64.2 Å². The highest BCUT2D eigenvalue weighted by molar-refractivity contribution is 5.76. The molecule has 0 rings (SSSR count). The van der Waals surface area contributed by atoms with Gasteiger partial charge in [0.05, 0.1) is 25.4 Å². The first kappa shape index (κ1) is 71.1. The van der Waals surface area contributed by atoms with Crippen molar-refractivity contribution in [1.82, 2.24) is 5.32 Å². The highest BCUT2D eigenvalue weighted by Crippen LogP contribution is 2.18. The summed E-state index contributed by atoms with van der Waals surface area (Å²) in [5.74, 6) is -0.0651. The van der Waals surface area contributed by atoms with Gasteiger partial charge in [0.15, 0.2) is 0 Å². The van der Waals surface area contributed by atoms with Gasteiger partial charge in [0.25, 0.3) is 0 Å². The summed E-state index contributed by atoms with van der Waals surface area (Å²) in [6.07, 6.45) is 79.1. The Hall–Kier alpha value is -1.92. The maximum absolute atomic E-state index is 12.5. The van der Waals surface area contributed by atoms with Gasteiger partial charge in [-0.3, -0.25) is 9.59 Å². The van der Waals surface area contributed by atoms with Crippen LogP contribution in [0.4, 0.5) is 0 Å². The molecular weight excluding hydrogens is 899 g/mol. The van der Waals surface area contributed by atoms with E-state index in [9.17, 15) is 19.8 Å². The van der Waals surface area contributed by atoms with Crippen LogP contribution in [0.3, 0.4) is 0 Å². The Kier molecular flexibility index (Phi) is 61.0. The van der Waals surface area contributed by atoms with Crippen LogP contribution in [0.2, 0.25) is 0 Å². The number of ether oxygens (including phenoxy) is 1. The molecule has 0 heterocycles. The van der Waals surface area contributed by atoms with Gasteiger partial charge in [0.2, 0.25) is 5.91 Å². The highest BCUT2D eigenvalue weighted by Gasteiger charge is 2.18. The quantitative estimate of drug-likeness (QED) is 0.0320. The molecule has 2 atom stereocenters. The van der Waals surface area contributed by atoms with Gasteiger partial charge in [0, 0.05) is 12.8 Å². The molecule has 6 nitrogen and oxygen atoms in total. The number of nitrogens with one attached hydrogen (secondary N) is 1. The molecule has 6 heteroatoms. The van der Waals surface area contributed by atoms with Crippen LogP contribution in [0.25, 0.3) is 0 Å². The van der Waals surface area contributed by atoms with Gasteiger partial charge < -0.3 is 20.3 Å². The number of hydrogen-bond donors (Lipinski definition) is 3. The summed E-state index contributed by atoms with van der Waals surface area (Å²) in [6.45, 7) is 4.89. The predicted octanol–water partition coefficient (Wildman–Crippen LogP) is 20.8. The molecule has 3 N–H and O–H groups in total. The molecule has 0 saturated heterocycles. The zero-order valence-electron chi connectivity index (χ0n) is 49.1. The van der Waals surface area contributed by atoms with Crippen LogP contribution in [-0.4, -0.2) is 47.4 Å². The summed E-state index contributed by atoms with van der Waals surface area (Å²) >= 11 is 0. The third-order valence-electron chi connectivity index (χ3n) is 15.2. The molecule has 0 aromatic carbocycles. The van der Waals surface area contributed by atoms with E-state index in [0.29, 0.717) is 19.4 Å². The van der Waals surface area contributed by atoms with Crippen LogP contribution in [0.1, 0.15) is 354 Å². The van der Waals surface area contributed by atoms with E-state index in [-0.39, 0.29) is 18.5 Å². The molecule has 1 amide bonds. The maximum atomic E-state index is 12.5. The zero-order chi connectivity index (χ0) is 52.9. The number of carbonyl (C=O) groups is 2. The summed E-state index contributed by atoms with van der Waals surface area (Å²) < 4.78 is 5.48. The van der Waals surface area contributed by atoms with E-state index in [1.54, 1.807) is 6.08 Å². The maximum Gasteiger partial charge on any atom is 0.305 e. The monoisotopic (exact) mass is 1030 g/mol. The van der Waals surface area contributed by atoms with E-state index in [2.05, 4.69) is 43.5 Å². The smallest absolute Gasteiger partial charge is 0.305 e. The Labute approximate surface area is 455 Å². The van der Waals surface area contributed by atoms with Crippen LogP contribution in [0, 0.1) is 0 Å². The first-order valence-electron chi connectivity index (χ1n) is 32.8. The Bertz CT molecular complexity index is 1180. The van der Waals surface area contributed by atoms with Gasteiger partial charge in [-0.15, -0.1) is 0 Å². The SMILES string of the molecule is CCCCC/C=C\C/C=C\CCCCCCCC(=O)OCCCCCCCCCCCCCCCCCCCCCCCCCC(=O)NC(CO)C(O)/C=C/CCCCCCCCCCCCCCCCCC. The normalized spacial score (nSPS) is 12.8. The van der Waals surface area contributed by atoms with Crippen LogP contribution in [0.15, 0.2) is 36.5 Å². The number of amides is 1. The molecule has 0 aromatic rings. The summed E-state index contributed by atoms with van der Waals surface area (Å²) in [4.78, 5) is 24.6. The number of allylic oxidation sites excluding steroid dienone is 5. The lowest BCUT2D eigenvalue weighted by Crippen LogP contribution is -2.45. The molecule has 0 spiro atoms. The van der Waals surface area contributed by atoms with Crippen LogP contribution in [0.5, 0.6) is 0 Å². The molecule has 2 unspecified atom stereocenters. The van der Waals surface area contributed by atoms with E-state index >= 15 is 0 Å². The lowest BCUT2D eigenvalue weighted by Gasteiger charge is -2.20. The largest absolute Gasteiger partial charge is 0.466 e. The predicted molar refractivity (Wildman–Crippen MR) is 319 cm³/mol. The number of carbonyl (C=O) groups excluding carboxylic acids is 2. The van der Waals surface area contributed by atoms with Crippen molar-refractivity contribution in [2.45, 2.75) is 366 Å². The third-order valence-corrected chi connectivity index (χ3v) is 15.2. The van der Waals surface area contributed by atoms with Crippen molar-refractivity contribution in [3.05, 3.63) is 36.5 Å². The van der Waals surface area contributed by atoms with Crippen molar-refractivity contribution in [3.63, 3.8) is 0 Å². The third kappa shape index (κ3) is 59.2. The minimum absolute atomic E-state index is 0.000107. The number of aliphatic hydroxyl groups is 2. The average Bonchev–Trinajstić information content (AvgIpc) is 3.39. The fourth-order valence-electron chi connectivity index (χ4n) is 10.1.